The first-order valence-electron chi connectivity index (χ1n) is 3.20. The Labute approximate surface area is 67.2 Å². The summed E-state index contributed by atoms with van der Waals surface area (Å²) < 4.78 is 25.2. The fourth-order valence-electron chi connectivity index (χ4n) is 0.922. The Morgan fingerprint density at radius 2 is 2.25 bits per heavy atom. The van der Waals surface area contributed by atoms with Crippen LogP contribution in [-0.2, 0) is 7.05 Å². The molecule has 1 N–H and O–H groups in total. The van der Waals surface area contributed by atoms with Crippen LogP contribution in [-0.4, -0.2) is 15.6 Å². The third kappa shape index (κ3) is 1.44. The molecule has 66 valence electrons. The highest BCUT2D eigenvalue weighted by molar-refractivity contribution is 5.86. The summed E-state index contributed by atoms with van der Waals surface area (Å²) in [5.41, 5.74) is -0.403. The van der Waals surface area contributed by atoms with Crippen LogP contribution in [0.1, 0.15) is 22.5 Å². The van der Waals surface area contributed by atoms with Gasteiger partial charge in [-0.3, -0.25) is 0 Å². The van der Waals surface area contributed by atoms with Crippen molar-refractivity contribution >= 4 is 5.97 Å². The van der Waals surface area contributed by atoms with E-state index in [1.807, 2.05) is 0 Å². The van der Waals surface area contributed by atoms with Crippen molar-refractivity contribution in [3.63, 3.8) is 0 Å². The van der Waals surface area contributed by atoms with Gasteiger partial charge in [0.25, 0.3) is 6.43 Å². The van der Waals surface area contributed by atoms with Gasteiger partial charge in [0.05, 0.1) is 0 Å². The van der Waals surface area contributed by atoms with Gasteiger partial charge in [-0.25, -0.2) is 13.6 Å². The Hall–Kier alpha value is -1.39. The molecule has 0 unspecified atom stereocenters. The van der Waals surface area contributed by atoms with Crippen molar-refractivity contribution in [2.45, 2.75) is 6.43 Å². The van der Waals surface area contributed by atoms with E-state index in [-0.39, 0.29) is 11.3 Å². The van der Waals surface area contributed by atoms with Gasteiger partial charge in [-0.2, -0.15) is 0 Å². The van der Waals surface area contributed by atoms with E-state index in [4.69, 9.17) is 5.11 Å². The molecule has 0 bridgehead atoms. The molecular weight excluding hydrogens is 168 g/mol. The van der Waals surface area contributed by atoms with Crippen molar-refractivity contribution in [3.8, 4) is 0 Å². The van der Waals surface area contributed by atoms with Crippen molar-refractivity contribution in [1.29, 1.82) is 0 Å². The van der Waals surface area contributed by atoms with E-state index in [1.165, 1.54) is 7.05 Å². The standard InChI is InChI=1S/C7H7F2NO2/c1-10-3-4(6(8)9)2-5(10)7(11)12/h2-3,6H,1H3,(H,11,12). The Kier molecular flexibility index (Phi) is 2.12. The molecule has 0 saturated carbocycles. The number of rotatable bonds is 2. The largest absolute Gasteiger partial charge is 0.477 e. The number of aryl methyl sites for hydroxylation is 1. The smallest absolute Gasteiger partial charge is 0.352 e. The number of hydrogen-bond donors (Lipinski definition) is 1. The lowest BCUT2D eigenvalue weighted by molar-refractivity contribution is 0.0686. The number of carboxylic acid groups (broad SMARTS) is 1. The molecule has 0 saturated heterocycles. The van der Waals surface area contributed by atoms with Crippen molar-refractivity contribution in [2.24, 2.45) is 7.05 Å². The number of nitrogens with zero attached hydrogens (tertiary/aromatic N) is 1. The maximum absolute atomic E-state index is 12.0. The molecule has 0 aromatic carbocycles. The van der Waals surface area contributed by atoms with Crippen LogP contribution in [0.5, 0.6) is 0 Å². The van der Waals surface area contributed by atoms with Gasteiger partial charge in [-0.05, 0) is 6.07 Å². The van der Waals surface area contributed by atoms with Crippen LogP contribution in [0.15, 0.2) is 12.3 Å². The van der Waals surface area contributed by atoms with Crippen molar-refractivity contribution in [2.75, 3.05) is 0 Å². The summed E-state index contributed by atoms with van der Waals surface area (Å²) in [7, 11) is 1.41. The molecule has 0 atom stereocenters. The van der Waals surface area contributed by atoms with Crippen molar-refractivity contribution in [1.82, 2.24) is 4.57 Å². The number of hydrogen-bond acceptors (Lipinski definition) is 1. The second-order valence-corrected chi connectivity index (χ2v) is 2.38. The summed E-state index contributed by atoms with van der Waals surface area (Å²) in [6.45, 7) is 0. The molecule has 0 aliphatic heterocycles. The Balaban J connectivity index is 3.09. The van der Waals surface area contributed by atoms with Crippen LogP contribution in [0.25, 0.3) is 0 Å². The van der Waals surface area contributed by atoms with E-state index in [0.717, 1.165) is 16.8 Å². The Morgan fingerprint density at radius 1 is 1.67 bits per heavy atom. The number of aromatic nitrogens is 1. The molecule has 0 fully saturated rings. The molecule has 1 aromatic rings. The fraction of sp³-hybridized carbons (Fsp3) is 0.286. The minimum Gasteiger partial charge on any atom is -0.477 e. The number of carboxylic acids is 1. The fourth-order valence-corrected chi connectivity index (χ4v) is 0.922. The lowest BCUT2D eigenvalue weighted by Gasteiger charge is -1.93. The van der Waals surface area contributed by atoms with E-state index in [0.29, 0.717) is 0 Å². The van der Waals surface area contributed by atoms with Gasteiger partial charge in [0, 0.05) is 18.8 Å². The lowest BCUT2D eigenvalue weighted by atomic mass is 10.3. The summed E-state index contributed by atoms with van der Waals surface area (Å²) in [6, 6.07) is 0.965. The van der Waals surface area contributed by atoms with Gasteiger partial charge >= 0.3 is 5.97 Å². The van der Waals surface area contributed by atoms with Gasteiger partial charge in [-0.1, -0.05) is 0 Å². The minimum atomic E-state index is -2.62. The number of halogens is 2. The monoisotopic (exact) mass is 175 g/mol. The van der Waals surface area contributed by atoms with Crippen molar-refractivity contribution < 1.29 is 18.7 Å². The van der Waals surface area contributed by atoms with Gasteiger partial charge < -0.3 is 9.67 Å². The van der Waals surface area contributed by atoms with Crippen LogP contribution in [0.4, 0.5) is 8.78 Å². The summed E-state index contributed by atoms with van der Waals surface area (Å²) in [5, 5.41) is 8.50. The number of alkyl halides is 2. The SMILES string of the molecule is Cn1cc(C(F)F)cc1C(=O)O. The third-order valence-electron chi connectivity index (χ3n) is 1.50. The van der Waals surface area contributed by atoms with Gasteiger partial charge in [-0.15, -0.1) is 0 Å². The molecule has 0 amide bonds. The van der Waals surface area contributed by atoms with E-state index in [1.54, 1.807) is 0 Å². The molecule has 12 heavy (non-hydrogen) atoms. The zero-order chi connectivity index (χ0) is 9.30. The zero-order valence-corrected chi connectivity index (χ0v) is 6.29. The van der Waals surface area contributed by atoms with Crippen LogP contribution >= 0.6 is 0 Å². The summed E-state index contributed by atoms with van der Waals surface area (Å²) in [4.78, 5) is 10.4. The maximum atomic E-state index is 12.0. The summed E-state index contributed by atoms with van der Waals surface area (Å²) in [6.07, 6.45) is -1.52. The average Bonchev–Trinajstić information content (AvgIpc) is 2.30. The van der Waals surface area contributed by atoms with E-state index in [9.17, 15) is 13.6 Å². The van der Waals surface area contributed by atoms with E-state index < -0.39 is 12.4 Å². The molecule has 1 heterocycles. The molecule has 0 aliphatic carbocycles. The Morgan fingerprint density at radius 3 is 2.50 bits per heavy atom. The lowest BCUT2D eigenvalue weighted by Crippen LogP contribution is -2.02. The number of carbonyl (C=O) groups is 1. The highest BCUT2D eigenvalue weighted by Gasteiger charge is 2.15. The highest BCUT2D eigenvalue weighted by Crippen LogP contribution is 2.20. The van der Waals surface area contributed by atoms with Gasteiger partial charge in [0.15, 0.2) is 0 Å². The number of aromatic carboxylic acids is 1. The first-order valence-corrected chi connectivity index (χ1v) is 3.20. The zero-order valence-electron chi connectivity index (χ0n) is 6.29. The first kappa shape index (κ1) is 8.70. The van der Waals surface area contributed by atoms with Gasteiger partial charge in [0.1, 0.15) is 5.69 Å². The molecule has 5 heteroatoms. The normalized spacial score (nSPS) is 10.7. The quantitative estimate of drug-likeness (QED) is 0.742. The van der Waals surface area contributed by atoms with Crippen LogP contribution in [0.3, 0.4) is 0 Å². The minimum absolute atomic E-state index is 0.134. The predicted molar refractivity (Wildman–Crippen MR) is 37.3 cm³/mol. The molecule has 1 aromatic heterocycles. The Bertz CT molecular complexity index is 306. The van der Waals surface area contributed by atoms with E-state index >= 15 is 0 Å². The topological polar surface area (TPSA) is 42.2 Å². The molecule has 0 aliphatic rings. The van der Waals surface area contributed by atoms with E-state index in [2.05, 4.69) is 0 Å². The van der Waals surface area contributed by atoms with Crippen LogP contribution < -0.4 is 0 Å². The van der Waals surface area contributed by atoms with Crippen LogP contribution in [0.2, 0.25) is 0 Å². The van der Waals surface area contributed by atoms with Crippen LogP contribution in [0, 0.1) is 0 Å². The second-order valence-electron chi connectivity index (χ2n) is 2.38. The second kappa shape index (κ2) is 2.92. The first-order chi connectivity index (χ1) is 5.52. The predicted octanol–water partition coefficient (Wildman–Crippen LogP) is 1.66. The molecule has 1 rings (SSSR count). The van der Waals surface area contributed by atoms with Gasteiger partial charge in [0.2, 0.25) is 0 Å². The maximum Gasteiger partial charge on any atom is 0.352 e. The average molecular weight is 175 g/mol. The van der Waals surface area contributed by atoms with Crippen molar-refractivity contribution in [3.05, 3.63) is 23.5 Å². The summed E-state index contributed by atoms with van der Waals surface area (Å²) >= 11 is 0. The summed E-state index contributed by atoms with van der Waals surface area (Å²) in [5.74, 6) is -1.20. The highest BCUT2D eigenvalue weighted by atomic mass is 19.3. The molecule has 0 spiro atoms. The molecule has 0 radical (unpaired) electrons. The third-order valence-corrected chi connectivity index (χ3v) is 1.50. The molecular formula is C7H7F2NO2. The molecule has 3 nitrogen and oxygen atoms in total.